The Morgan fingerprint density at radius 1 is 1.09 bits per heavy atom. The van der Waals surface area contributed by atoms with E-state index in [1.165, 1.54) is 5.56 Å². The summed E-state index contributed by atoms with van der Waals surface area (Å²) in [5, 5.41) is 1.34. The summed E-state index contributed by atoms with van der Waals surface area (Å²) in [7, 11) is 0. The molecule has 0 saturated heterocycles. The fraction of sp³-hybridized carbons (Fsp3) is 0.211. The van der Waals surface area contributed by atoms with Crippen molar-refractivity contribution in [2.75, 3.05) is 0 Å². The molecule has 2 nitrogen and oxygen atoms in total. The van der Waals surface area contributed by atoms with Crippen molar-refractivity contribution in [3.63, 3.8) is 0 Å². The molecule has 23 heavy (non-hydrogen) atoms. The molecule has 0 radical (unpaired) electrons. The molecule has 0 bridgehead atoms. The zero-order valence-electron chi connectivity index (χ0n) is 12.9. The Labute approximate surface area is 146 Å². The smallest absolute Gasteiger partial charge is 0.0945 e. The van der Waals surface area contributed by atoms with Crippen LogP contribution in [0.4, 0.5) is 0 Å². The maximum absolute atomic E-state index is 6.28. The number of hydrogen-bond donors (Lipinski definition) is 0. The topological polar surface area (TPSA) is 17.8 Å². The third-order valence-corrected chi connectivity index (χ3v) is 4.65. The first-order chi connectivity index (χ1) is 11.1. The average Bonchev–Trinajstić information content (AvgIpc) is 3.06. The Morgan fingerprint density at radius 2 is 1.87 bits per heavy atom. The number of imidazole rings is 1. The third kappa shape index (κ3) is 3.95. The molecular formula is C19H18Cl2N2. The molecule has 0 aliphatic carbocycles. The maximum Gasteiger partial charge on any atom is 0.0945 e. The second kappa shape index (κ2) is 7.20. The van der Waals surface area contributed by atoms with E-state index in [-0.39, 0.29) is 0 Å². The summed E-state index contributed by atoms with van der Waals surface area (Å²) in [5.74, 6) is 0.493. The summed E-state index contributed by atoms with van der Waals surface area (Å²) in [6.07, 6.45) is 6.75. The van der Waals surface area contributed by atoms with Crippen molar-refractivity contribution < 1.29 is 0 Å². The number of nitrogens with zero attached hydrogens (tertiary/aromatic N) is 2. The summed E-state index contributed by atoms with van der Waals surface area (Å²) in [6.45, 7) is 3.23. The number of halogens is 2. The first kappa shape index (κ1) is 16.1. The molecule has 0 spiro atoms. The van der Waals surface area contributed by atoms with Crippen molar-refractivity contribution in [2.24, 2.45) is 0 Å². The normalized spacial score (nSPS) is 12.3. The first-order valence-corrected chi connectivity index (χ1v) is 8.40. The van der Waals surface area contributed by atoms with Crippen LogP contribution < -0.4 is 0 Å². The van der Waals surface area contributed by atoms with E-state index in [1.807, 2.05) is 30.9 Å². The van der Waals surface area contributed by atoms with Crippen LogP contribution in [0.1, 0.15) is 24.8 Å². The maximum atomic E-state index is 6.28. The van der Waals surface area contributed by atoms with Gasteiger partial charge in [-0.05, 0) is 35.6 Å². The molecule has 4 heteroatoms. The van der Waals surface area contributed by atoms with Crippen LogP contribution in [0.2, 0.25) is 10.0 Å². The van der Waals surface area contributed by atoms with Gasteiger partial charge in [0.15, 0.2) is 0 Å². The molecule has 118 valence electrons. The molecule has 0 aliphatic heterocycles. The van der Waals surface area contributed by atoms with Crippen LogP contribution in [0.15, 0.2) is 61.2 Å². The molecule has 1 heterocycles. The van der Waals surface area contributed by atoms with E-state index in [1.54, 1.807) is 6.07 Å². The van der Waals surface area contributed by atoms with Gasteiger partial charge in [-0.2, -0.15) is 0 Å². The predicted molar refractivity (Wildman–Crippen MR) is 97.2 cm³/mol. The molecule has 3 rings (SSSR count). The SMILES string of the molecule is CC(CCn1ccnc1)c1ccc(-c2ccc(Cl)cc2Cl)cc1. The van der Waals surface area contributed by atoms with E-state index in [9.17, 15) is 0 Å². The Hall–Kier alpha value is -1.77. The monoisotopic (exact) mass is 344 g/mol. The first-order valence-electron chi connectivity index (χ1n) is 7.64. The van der Waals surface area contributed by atoms with E-state index in [0.29, 0.717) is 16.0 Å². The van der Waals surface area contributed by atoms with Crippen LogP contribution >= 0.6 is 23.2 Å². The van der Waals surface area contributed by atoms with Crippen molar-refractivity contribution in [3.05, 3.63) is 76.8 Å². The molecular weight excluding hydrogens is 327 g/mol. The quantitative estimate of drug-likeness (QED) is 0.550. The highest BCUT2D eigenvalue weighted by Crippen LogP contribution is 2.31. The van der Waals surface area contributed by atoms with Gasteiger partial charge < -0.3 is 4.57 Å². The highest BCUT2D eigenvalue weighted by molar-refractivity contribution is 6.36. The van der Waals surface area contributed by atoms with Gasteiger partial charge in [0.05, 0.1) is 6.33 Å². The average molecular weight is 345 g/mol. The number of hydrogen-bond acceptors (Lipinski definition) is 1. The van der Waals surface area contributed by atoms with E-state index < -0.39 is 0 Å². The molecule has 0 amide bonds. The predicted octanol–water partition coefficient (Wildman–Crippen LogP) is 6.05. The summed E-state index contributed by atoms with van der Waals surface area (Å²) < 4.78 is 2.11. The fourth-order valence-corrected chi connectivity index (χ4v) is 3.16. The minimum Gasteiger partial charge on any atom is -0.337 e. The number of aromatic nitrogens is 2. The van der Waals surface area contributed by atoms with Crippen molar-refractivity contribution in [1.29, 1.82) is 0 Å². The molecule has 1 unspecified atom stereocenters. The summed E-state index contributed by atoms with van der Waals surface area (Å²) >= 11 is 12.2. The Balaban J connectivity index is 1.71. The highest BCUT2D eigenvalue weighted by Gasteiger charge is 2.08. The lowest BCUT2D eigenvalue weighted by Crippen LogP contribution is -2.01. The number of aryl methyl sites for hydroxylation is 1. The molecule has 2 aromatic carbocycles. The molecule has 0 aliphatic rings. The minimum atomic E-state index is 0.493. The number of rotatable bonds is 5. The largest absolute Gasteiger partial charge is 0.337 e. The van der Waals surface area contributed by atoms with Crippen molar-refractivity contribution >= 4 is 23.2 Å². The zero-order chi connectivity index (χ0) is 16.2. The number of benzene rings is 2. The van der Waals surface area contributed by atoms with E-state index in [0.717, 1.165) is 24.1 Å². The molecule has 0 N–H and O–H groups in total. The van der Waals surface area contributed by atoms with Gasteiger partial charge in [-0.1, -0.05) is 60.5 Å². The van der Waals surface area contributed by atoms with Crippen LogP contribution in [0.5, 0.6) is 0 Å². The molecule has 0 saturated carbocycles. The van der Waals surface area contributed by atoms with Crippen LogP contribution in [-0.4, -0.2) is 9.55 Å². The van der Waals surface area contributed by atoms with Gasteiger partial charge in [-0.15, -0.1) is 0 Å². The van der Waals surface area contributed by atoms with Gasteiger partial charge in [0.1, 0.15) is 0 Å². The van der Waals surface area contributed by atoms with Gasteiger partial charge in [-0.25, -0.2) is 4.98 Å². The Kier molecular flexibility index (Phi) is 5.04. The molecule has 1 atom stereocenters. The minimum absolute atomic E-state index is 0.493. The van der Waals surface area contributed by atoms with Gasteiger partial charge >= 0.3 is 0 Å². The highest BCUT2D eigenvalue weighted by atomic mass is 35.5. The molecule has 1 aromatic heterocycles. The van der Waals surface area contributed by atoms with Crippen LogP contribution in [0, 0.1) is 0 Å². The summed E-state index contributed by atoms with van der Waals surface area (Å²) in [4.78, 5) is 4.07. The van der Waals surface area contributed by atoms with Crippen molar-refractivity contribution in [2.45, 2.75) is 25.8 Å². The van der Waals surface area contributed by atoms with E-state index >= 15 is 0 Å². The van der Waals surface area contributed by atoms with Crippen LogP contribution in [0.25, 0.3) is 11.1 Å². The zero-order valence-corrected chi connectivity index (χ0v) is 14.4. The fourth-order valence-electron chi connectivity index (χ4n) is 2.64. The Bertz CT molecular complexity index is 765. The second-order valence-corrected chi connectivity index (χ2v) is 6.58. The van der Waals surface area contributed by atoms with Gasteiger partial charge in [0.25, 0.3) is 0 Å². The molecule has 0 fully saturated rings. The van der Waals surface area contributed by atoms with E-state index in [4.69, 9.17) is 23.2 Å². The van der Waals surface area contributed by atoms with Crippen LogP contribution in [-0.2, 0) is 6.54 Å². The summed E-state index contributed by atoms with van der Waals surface area (Å²) in [6, 6.07) is 14.2. The Morgan fingerprint density at radius 3 is 2.52 bits per heavy atom. The van der Waals surface area contributed by atoms with Gasteiger partial charge in [-0.3, -0.25) is 0 Å². The standard InChI is InChI=1S/C19H18Cl2N2/c1-14(8-10-23-11-9-22-13-23)15-2-4-16(5-3-15)18-7-6-17(20)12-19(18)21/h2-7,9,11-14H,8,10H2,1H3. The molecule has 3 aromatic rings. The lowest BCUT2D eigenvalue weighted by Gasteiger charge is -2.13. The van der Waals surface area contributed by atoms with Crippen molar-refractivity contribution in [3.8, 4) is 11.1 Å². The van der Waals surface area contributed by atoms with E-state index in [2.05, 4.69) is 40.7 Å². The lowest BCUT2D eigenvalue weighted by atomic mass is 9.95. The van der Waals surface area contributed by atoms with Gasteiger partial charge in [0.2, 0.25) is 0 Å². The third-order valence-electron chi connectivity index (χ3n) is 4.10. The second-order valence-electron chi connectivity index (χ2n) is 5.74. The van der Waals surface area contributed by atoms with Gasteiger partial charge in [0, 0.05) is 34.5 Å². The van der Waals surface area contributed by atoms with Crippen molar-refractivity contribution in [1.82, 2.24) is 9.55 Å². The van der Waals surface area contributed by atoms with Crippen LogP contribution in [0.3, 0.4) is 0 Å². The summed E-state index contributed by atoms with van der Waals surface area (Å²) in [5.41, 5.74) is 3.45. The lowest BCUT2D eigenvalue weighted by molar-refractivity contribution is 0.576.